The molecule has 3 aromatic heterocycles. The van der Waals surface area contributed by atoms with E-state index in [1.807, 2.05) is 89.2 Å². The number of hydrogen-bond donors (Lipinski definition) is 1. The molecule has 1 amide bonds. The smallest absolute Gasteiger partial charge is 0.265 e. The highest BCUT2D eigenvalue weighted by atomic mass is 32.1. The van der Waals surface area contributed by atoms with Crippen LogP contribution < -0.4 is 10.1 Å². The lowest BCUT2D eigenvalue weighted by molar-refractivity contribution is 0.103. The predicted octanol–water partition coefficient (Wildman–Crippen LogP) is 4.92. The van der Waals surface area contributed by atoms with Crippen molar-refractivity contribution < 1.29 is 9.53 Å². The third-order valence-corrected chi connectivity index (χ3v) is 6.12. The van der Waals surface area contributed by atoms with Crippen LogP contribution in [0, 0.1) is 6.92 Å². The molecule has 0 unspecified atom stereocenters. The second kappa shape index (κ2) is 8.68. The largest absolute Gasteiger partial charge is 0.492 e. The number of aryl methyl sites for hydroxylation is 1. The Hall–Kier alpha value is -3.91. The molecule has 0 bridgehead atoms. The van der Waals surface area contributed by atoms with E-state index in [-0.39, 0.29) is 5.91 Å². The summed E-state index contributed by atoms with van der Waals surface area (Å²) in [6.45, 7) is 3.11. The summed E-state index contributed by atoms with van der Waals surface area (Å²) in [6.07, 6.45) is 3.63. The van der Waals surface area contributed by atoms with Gasteiger partial charge in [-0.05, 0) is 43.3 Å². The van der Waals surface area contributed by atoms with Crippen molar-refractivity contribution >= 4 is 33.1 Å². The Balaban J connectivity index is 1.31. The molecule has 8 heteroatoms. The fourth-order valence-electron chi connectivity index (χ4n) is 3.45. The van der Waals surface area contributed by atoms with E-state index >= 15 is 0 Å². The minimum atomic E-state index is -0.154. The first-order valence-electron chi connectivity index (χ1n) is 10.2. The number of fused-ring (bicyclic) bond motifs is 1. The molecule has 0 saturated heterocycles. The Kier molecular flexibility index (Phi) is 5.43. The summed E-state index contributed by atoms with van der Waals surface area (Å²) < 4.78 is 9.50. The second-order valence-corrected chi connectivity index (χ2v) is 8.29. The average Bonchev–Trinajstić information content (AvgIpc) is 3.54. The molecule has 0 aliphatic rings. The first-order valence-corrected chi connectivity index (χ1v) is 11.1. The summed E-state index contributed by atoms with van der Waals surface area (Å²) in [5.41, 5.74) is 2.55. The van der Waals surface area contributed by atoms with Gasteiger partial charge in [0.15, 0.2) is 0 Å². The fourth-order valence-corrected chi connectivity index (χ4v) is 4.53. The standard InChI is InChI=1S/C24H21N5O2S/c1-17-21-16-22(32-24(21)29(27-17)19-8-3-2-4-9-19)23(30)26-18-7-5-10-20(15-18)31-14-13-28-12-6-11-25-28/h2-12,15-16H,13-14H2,1H3,(H,26,30). The molecule has 0 saturated carbocycles. The van der Waals surface area contributed by atoms with Crippen molar-refractivity contribution in [2.75, 3.05) is 11.9 Å². The molecule has 5 rings (SSSR count). The number of ether oxygens (including phenoxy) is 1. The van der Waals surface area contributed by atoms with Crippen molar-refractivity contribution in [1.82, 2.24) is 19.6 Å². The van der Waals surface area contributed by atoms with E-state index in [0.717, 1.165) is 21.6 Å². The van der Waals surface area contributed by atoms with Gasteiger partial charge in [-0.15, -0.1) is 11.3 Å². The molecular weight excluding hydrogens is 422 g/mol. The van der Waals surface area contributed by atoms with Gasteiger partial charge in [0.1, 0.15) is 17.2 Å². The Morgan fingerprint density at radius 2 is 1.97 bits per heavy atom. The van der Waals surface area contributed by atoms with E-state index in [9.17, 15) is 4.79 Å². The topological polar surface area (TPSA) is 74.0 Å². The lowest BCUT2D eigenvalue weighted by Crippen LogP contribution is -2.11. The number of rotatable bonds is 7. The van der Waals surface area contributed by atoms with Gasteiger partial charge < -0.3 is 10.1 Å². The van der Waals surface area contributed by atoms with Crippen LogP contribution in [0.5, 0.6) is 5.75 Å². The summed E-state index contributed by atoms with van der Waals surface area (Å²) in [7, 11) is 0. The van der Waals surface area contributed by atoms with Gasteiger partial charge in [-0.25, -0.2) is 4.68 Å². The summed E-state index contributed by atoms with van der Waals surface area (Å²) in [4.78, 5) is 14.5. The zero-order chi connectivity index (χ0) is 21.9. The SMILES string of the molecule is Cc1nn(-c2ccccc2)c2sc(C(=O)Nc3cccc(OCCn4cccn4)c3)cc12. The first-order chi connectivity index (χ1) is 15.7. The van der Waals surface area contributed by atoms with Crippen molar-refractivity contribution in [2.24, 2.45) is 0 Å². The summed E-state index contributed by atoms with van der Waals surface area (Å²) in [5.74, 6) is 0.542. The molecule has 0 atom stereocenters. The van der Waals surface area contributed by atoms with Gasteiger partial charge in [-0.1, -0.05) is 24.3 Å². The van der Waals surface area contributed by atoms with Crippen LogP contribution in [0.4, 0.5) is 5.69 Å². The maximum absolute atomic E-state index is 12.9. The van der Waals surface area contributed by atoms with Gasteiger partial charge in [-0.2, -0.15) is 10.2 Å². The van der Waals surface area contributed by atoms with Gasteiger partial charge in [0.2, 0.25) is 0 Å². The molecule has 160 valence electrons. The predicted molar refractivity (Wildman–Crippen MR) is 126 cm³/mol. The zero-order valence-corrected chi connectivity index (χ0v) is 18.2. The summed E-state index contributed by atoms with van der Waals surface area (Å²) >= 11 is 1.43. The molecule has 7 nitrogen and oxygen atoms in total. The molecule has 1 N–H and O–H groups in total. The number of carbonyl (C=O) groups excluding carboxylic acids is 1. The number of carbonyl (C=O) groups is 1. The van der Waals surface area contributed by atoms with Gasteiger partial charge in [0, 0.05) is 29.5 Å². The molecule has 0 aliphatic heterocycles. The van der Waals surface area contributed by atoms with E-state index in [0.29, 0.717) is 29.5 Å². The second-order valence-electron chi connectivity index (χ2n) is 7.26. The Bertz CT molecular complexity index is 1360. The third-order valence-electron chi connectivity index (χ3n) is 5.01. The quantitative estimate of drug-likeness (QED) is 0.387. The Labute approximate surface area is 188 Å². The normalized spacial score (nSPS) is 11.0. The number of nitrogens with zero attached hydrogens (tertiary/aromatic N) is 4. The molecule has 3 heterocycles. The van der Waals surface area contributed by atoms with Crippen LogP contribution >= 0.6 is 11.3 Å². The van der Waals surface area contributed by atoms with Crippen molar-refractivity contribution in [3.63, 3.8) is 0 Å². The summed E-state index contributed by atoms with van der Waals surface area (Å²) in [5, 5.41) is 12.8. The number of hydrogen-bond acceptors (Lipinski definition) is 5. The lowest BCUT2D eigenvalue weighted by Gasteiger charge is -2.09. The van der Waals surface area contributed by atoms with Gasteiger partial charge in [-0.3, -0.25) is 9.48 Å². The van der Waals surface area contributed by atoms with E-state index in [2.05, 4.69) is 15.5 Å². The zero-order valence-electron chi connectivity index (χ0n) is 17.4. The highest BCUT2D eigenvalue weighted by Gasteiger charge is 2.17. The number of para-hydroxylation sites is 1. The fraction of sp³-hybridized carbons (Fsp3) is 0.125. The van der Waals surface area contributed by atoms with E-state index in [1.54, 1.807) is 6.20 Å². The van der Waals surface area contributed by atoms with Crippen molar-refractivity contribution in [2.45, 2.75) is 13.5 Å². The molecule has 5 aromatic rings. The number of thiophene rings is 1. The number of anilines is 1. The first kappa shape index (κ1) is 20.0. The van der Waals surface area contributed by atoms with Crippen LogP contribution in [-0.2, 0) is 6.54 Å². The number of nitrogens with one attached hydrogen (secondary N) is 1. The minimum absolute atomic E-state index is 0.154. The number of amides is 1. The van der Waals surface area contributed by atoms with Crippen LogP contribution in [0.2, 0.25) is 0 Å². The lowest BCUT2D eigenvalue weighted by atomic mass is 10.2. The average molecular weight is 444 g/mol. The maximum Gasteiger partial charge on any atom is 0.265 e. The molecule has 0 aliphatic carbocycles. The molecular formula is C24H21N5O2S. The van der Waals surface area contributed by atoms with Crippen LogP contribution in [0.3, 0.4) is 0 Å². The highest BCUT2D eigenvalue weighted by molar-refractivity contribution is 7.20. The third kappa shape index (κ3) is 4.13. The molecule has 32 heavy (non-hydrogen) atoms. The van der Waals surface area contributed by atoms with Crippen molar-refractivity contribution in [3.05, 3.63) is 89.7 Å². The number of aromatic nitrogens is 4. The minimum Gasteiger partial charge on any atom is -0.492 e. The maximum atomic E-state index is 12.9. The van der Waals surface area contributed by atoms with Crippen LogP contribution in [0.1, 0.15) is 15.4 Å². The van der Waals surface area contributed by atoms with Crippen LogP contribution in [0.25, 0.3) is 15.9 Å². The molecule has 0 fully saturated rings. The van der Waals surface area contributed by atoms with Crippen LogP contribution in [0.15, 0.2) is 79.1 Å². The van der Waals surface area contributed by atoms with Crippen LogP contribution in [-0.4, -0.2) is 32.1 Å². The van der Waals surface area contributed by atoms with Gasteiger partial charge >= 0.3 is 0 Å². The van der Waals surface area contributed by atoms with Gasteiger partial charge in [0.25, 0.3) is 5.91 Å². The highest BCUT2D eigenvalue weighted by Crippen LogP contribution is 2.31. The van der Waals surface area contributed by atoms with E-state index in [1.165, 1.54) is 11.3 Å². The molecule has 0 radical (unpaired) electrons. The van der Waals surface area contributed by atoms with E-state index in [4.69, 9.17) is 4.74 Å². The summed E-state index contributed by atoms with van der Waals surface area (Å²) in [6, 6.07) is 21.1. The van der Waals surface area contributed by atoms with Crippen molar-refractivity contribution in [3.8, 4) is 11.4 Å². The number of benzene rings is 2. The molecule has 2 aromatic carbocycles. The van der Waals surface area contributed by atoms with E-state index < -0.39 is 0 Å². The monoisotopic (exact) mass is 443 g/mol. The molecule has 0 spiro atoms. The van der Waals surface area contributed by atoms with Crippen molar-refractivity contribution in [1.29, 1.82) is 0 Å². The van der Waals surface area contributed by atoms with Gasteiger partial charge in [0.05, 0.1) is 22.8 Å². The Morgan fingerprint density at radius 1 is 1.09 bits per heavy atom. The Morgan fingerprint density at radius 3 is 2.78 bits per heavy atom.